The maximum atomic E-state index is 2.48. The molecule has 0 amide bonds. The Labute approximate surface area is 270 Å². The van der Waals surface area contributed by atoms with E-state index in [2.05, 4.69) is 173 Å². The van der Waals surface area contributed by atoms with Crippen LogP contribution < -0.4 is 4.57 Å². The first-order valence-electron chi connectivity index (χ1n) is 16.7. The molecular formula is C43H47N2+. The Hall–Kier alpha value is -4.43. The molecule has 6 rings (SSSR count). The molecule has 0 saturated carbocycles. The summed E-state index contributed by atoms with van der Waals surface area (Å²) >= 11 is 0. The molecule has 2 nitrogen and oxygen atoms in total. The Balaban J connectivity index is 1.72. The summed E-state index contributed by atoms with van der Waals surface area (Å²) in [7, 11) is 0. The molecule has 228 valence electrons. The number of allylic oxidation sites excluding steroid dienone is 4. The van der Waals surface area contributed by atoms with Crippen LogP contribution in [0.5, 0.6) is 0 Å². The molecule has 1 aliphatic rings. The molecule has 0 unspecified atom stereocenters. The molecule has 0 atom stereocenters. The smallest absolute Gasteiger partial charge is 0.227 e. The third kappa shape index (κ3) is 6.12. The normalized spacial score (nSPS) is 13.2. The average Bonchev–Trinajstić information content (AvgIpc) is 3.50. The molecular weight excluding hydrogens is 544 g/mol. The van der Waals surface area contributed by atoms with Gasteiger partial charge in [-0.2, -0.15) is 4.57 Å². The molecule has 4 aromatic carbocycles. The minimum absolute atomic E-state index is 0.319. The number of aryl methyl sites for hydroxylation is 1. The van der Waals surface area contributed by atoms with Gasteiger partial charge in [0.15, 0.2) is 0 Å². The fraction of sp³-hybridized carbons (Fsp3) is 0.279. The summed E-state index contributed by atoms with van der Waals surface area (Å²) < 4.78 is 4.90. The van der Waals surface area contributed by atoms with Crippen molar-refractivity contribution in [2.45, 2.75) is 79.2 Å². The topological polar surface area (TPSA) is 8.81 Å². The average molecular weight is 592 g/mol. The van der Waals surface area contributed by atoms with Gasteiger partial charge in [0, 0.05) is 11.1 Å². The third-order valence-corrected chi connectivity index (χ3v) is 9.16. The van der Waals surface area contributed by atoms with E-state index >= 15 is 0 Å². The van der Waals surface area contributed by atoms with Gasteiger partial charge in [0.05, 0.1) is 11.6 Å². The highest BCUT2D eigenvalue weighted by Gasteiger charge is 2.29. The van der Waals surface area contributed by atoms with E-state index in [4.69, 9.17) is 0 Å². The van der Waals surface area contributed by atoms with Gasteiger partial charge >= 0.3 is 0 Å². The van der Waals surface area contributed by atoms with Gasteiger partial charge < -0.3 is 0 Å². The summed E-state index contributed by atoms with van der Waals surface area (Å²) in [6, 6.07) is 32.1. The van der Waals surface area contributed by atoms with Crippen LogP contribution in [0.3, 0.4) is 0 Å². The van der Waals surface area contributed by atoms with E-state index in [1.165, 1.54) is 67.2 Å². The van der Waals surface area contributed by atoms with Crippen LogP contribution in [0.2, 0.25) is 0 Å². The number of aromatic nitrogens is 2. The van der Waals surface area contributed by atoms with Crippen molar-refractivity contribution in [1.29, 1.82) is 0 Å². The van der Waals surface area contributed by atoms with Crippen molar-refractivity contribution in [1.82, 2.24) is 4.57 Å². The van der Waals surface area contributed by atoms with E-state index in [0.717, 1.165) is 12.8 Å². The molecule has 5 aromatic rings. The Morgan fingerprint density at radius 1 is 0.667 bits per heavy atom. The van der Waals surface area contributed by atoms with Crippen LogP contribution in [0.15, 0.2) is 116 Å². The van der Waals surface area contributed by atoms with E-state index < -0.39 is 0 Å². The Morgan fingerprint density at radius 3 is 2.04 bits per heavy atom. The van der Waals surface area contributed by atoms with Gasteiger partial charge in [-0.15, -0.1) is 0 Å². The van der Waals surface area contributed by atoms with E-state index in [0.29, 0.717) is 17.9 Å². The summed E-state index contributed by atoms with van der Waals surface area (Å²) in [4.78, 5) is 0. The lowest BCUT2D eigenvalue weighted by atomic mass is 9.86. The lowest BCUT2D eigenvalue weighted by Gasteiger charge is -2.21. The van der Waals surface area contributed by atoms with Crippen LogP contribution in [-0.2, 0) is 0 Å². The van der Waals surface area contributed by atoms with Crippen LogP contribution >= 0.6 is 0 Å². The summed E-state index contributed by atoms with van der Waals surface area (Å²) in [5.41, 5.74) is 14.2. The van der Waals surface area contributed by atoms with Gasteiger partial charge in [-0.25, -0.2) is 4.57 Å². The zero-order valence-corrected chi connectivity index (χ0v) is 28.0. The number of imidazole rings is 1. The first-order chi connectivity index (χ1) is 21.7. The van der Waals surface area contributed by atoms with Crippen molar-refractivity contribution >= 4 is 5.57 Å². The molecule has 1 heterocycles. The van der Waals surface area contributed by atoms with Gasteiger partial charge in [-0.05, 0) is 115 Å². The standard InChI is InChI=1S/C43H47N2/c1-29(2)35-27-40(30(3)4)42(45-23-22-44(31(5)6)43(45)39-21-15-14-16-32(39)7)41(28-35)38-25-36(33-17-10-8-11-18-33)24-37(26-38)34-19-12-9-13-20-34/h8,10-12,14-31H,9,13H2,1-7H3/q+1. The van der Waals surface area contributed by atoms with Crippen LogP contribution in [0.4, 0.5) is 0 Å². The molecule has 1 aliphatic carbocycles. The predicted octanol–water partition coefficient (Wildman–Crippen LogP) is 11.6. The SMILES string of the molecule is Cc1ccccc1-c1n(-c2c(-c3cc(C4=CCCC=C4)cc(-c4ccccc4)c3)cc(C(C)C)cc2C(C)C)cc[n+]1C(C)C. The van der Waals surface area contributed by atoms with Crippen molar-refractivity contribution in [3.05, 3.63) is 138 Å². The summed E-state index contributed by atoms with van der Waals surface area (Å²) in [6.07, 6.45) is 13.8. The Bertz CT molecular complexity index is 1880. The molecule has 0 bridgehead atoms. The molecule has 1 aromatic heterocycles. The maximum Gasteiger partial charge on any atom is 0.294 e. The first-order valence-corrected chi connectivity index (χ1v) is 16.7. The minimum Gasteiger partial charge on any atom is -0.227 e. The highest BCUT2D eigenvalue weighted by molar-refractivity contribution is 5.87. The largest absolute Gasteiger partial charge is 0.294 e. The first kappa shape index (κ1) is 30.6. The van der Waals surface area contributed by atoms with Crippen molar-refractivity contribution in [2.75, 3.05) is 0 Å². The summed E-state index contributed by atoms with van der Waals surface area (Å²) in [5, 5.41) is 0. The van der Waals surface area contributed by atoms with Crippen LogP contribution in [0, 0.1) is 6.92 Å². The van der Waals surface area contributed by atoms with E-state index in [1.54, 1.807) is 0 Å². The minimum atomic E-state index is 0.319. The van der Waals surface area contributed by atoms with Crippen molar-refractivity contribution in [3.8, 4) is 39.3 Å². The molecule has 0 fully saturated rings. The molecule has 45 heavy (non-hydrogen) atoms. The quantitative estimate of drug-likeness (QED) is 0.159. The van der Waals surface area contributed by atoms with Gasteiger partial charge in [-0.1, -0.05) is 101 Å². The van der Waals surface area contributed by atoms with Crippen molar-refractivity contribution in [2.24, 2.45) is 0 Å². The number of benzene rings is 4. The molecule has 2 heteroatoms. The van der Waals surface area contributed by atoms with E-state index in [1.807, 2.05) is 0 Å². The number of hydrogen-bond acceptors (Lipinski definition) is 0. The van der Waals surface area contributed by atoms with Crippen LogP contribution in [0.1, 0.15) is 94.5 Å². The second-order valence-corrected chi connectivity index (χ2v) is 13.4. The van der Waals surface area contributed by atoms with Crippen LogP contribution in [-0.4, -0.2) is 4.57 Å². The zero-order chi connectivity index (χ0) is 31.7. The fourth-order valence-electron chi connectivity index (χ4n) is 6.61. The molecule has 0 saturated heterocycles. The summed E-state index contributed by atoms with van der Waals surface area (Å²) in [6.45, 7) is 16.1. The number of rotatable bonds is 8. The van der Waals surface area contributed by atoms with E-state index in [9.17, 15) is 0 Å². The molecule has 0 aliphatic heterocycles. The highest BCUT2D eigenvalue weighted by Crippen LogP contribution is 2.41. The second kappa shape index (κ2) is 12.9. The van der Waals surface area contributed by atoms with Gasteiger partial charge in [-0.3, -0.25) is 0 Å². The third-order valence-electron chi connectivity index (χ3n) is 9.16. The maximum absolute atomic E-state index is 2.48. The second-order valence-electron chi connectivity index (χ2n) is 13.4. The van der Waals surface area contributed by atoms with Gasteiger partial charge in [0.25, 0.3) is 5.82 Å². The molecule has 0 spiro atoms. The van der Waals surface area contributed by atoms with Crippen molar-refractivity contribution in [3.63, 3.8) is 0 Å². The predicted molar refractivity (Wildman–Crippen MR) is 192 cm³/mol. The monoisotopic (exact) mass is 591 g/mol. The number of nitrogens with zero attached hydrogens (tertiary/aromatic N) is 2. The zero-order valence-electron chi connectivity index (χ0n) is 28.0. The van der Waals surface area contributed by atoms with E-state index in [-0.39, 0.29) is 0 Å². The van der Waals surface area contributed by atoms with Crippen LogP contribution in [0.25, 0.3) is 44.9 Å². The highest BCUT2D eigenvalue weighted by atomic mass is 15.2. The molecule has 0 radical (unpaired) electrons. The lowest BCUT2D eigenvalue weighted by molar-refractivity contribution is -0.704. The van der Waals surface area contributed by atoms with Gasteiger partial charge in [0.1, 0.15) is 18.1 Å². The van der Waals surface area contributed by atoms with Gasteiger partial charge in [0.2, 0.25) is 0 Å². The lowest BCUT2D eigenvalue weighted by Crippen LogP contribution is -2.37. The Morgan fingerprint density at radius 2 is 1.38 bits per heavy atom. The van der Waals surface area contributed by atoms with Crippen molar-refractivity contribution < 1.29 is 4.57 Å². The number of hydrogen-bond donors (Lipinski definition) is 0. The Kier molecular flexibility index (Phi) is 8.76. The summed E-state index contributed by atoms with van der Waals surface area (Å²) in [5.74, 6) is 1.98. The fourth-order valence-corrected chi connectivity index (χ4v) is 6.61. The molecule has 0 N–H and O–H groups in total.